The van der Waals surface area contributed by atoms with Gasteiger partial charge in [-0.3, -0.25) is 4.79 Å². The number of hydrogen-bond acceptors (Lipinski definition) is 4. The molecule has 0 aliphatic heterocycles. The van der Waals surface area contributed by atoms with E-state index in [1.807, 2.05) is 0 Å². The summed E-state index contributed by atoms with van der Waals surface area (Å²) in [6, 6.07) is 10.6. The molecule has 0 unspecified atom stereocenters. The van der Waals surface area contributed by atoms with Crippen LogP contribution in [0.2, 0.25) is 0 Å². The van der Waals surface area contributed by atoms with Crippen LogP contribution < -0.4 is 15.8 Å². The van der Waals surface area contributed by atoms with Gasteiger partial charge in [-0.1, -0.05) is 12.1 Å². The molecule has 0 spiro atoms. The zero-order chi connectivity index (χ0) is 15.2. The van der Waals surface area contributed by atoms with E-state index in [9.17, 15) is 9.18 Å². The Labute approximate surface area is 121 Å². The van der Waals surface area contributed by atoms with Gasteiger partial charge in [0.25, 0.3) is 5.91 Å². The molecule has 0 fully saturated rings. The largest absolute Gasteiger partial charge is 0.484 e. The van der Waals surface area contributed by atoms with E-state index in [0.29, 0.717) is 11.4 Å². The van der Waals surface area contributed by atoms with Crippen molar-refractivity contribution in [1.82, 2.24) is 0 Å². The molecule has 0 aliphatic carbocycles. The molecule has 0 saturated carbocycles. The Kier molecular flexibility index (Phi) is 4.73. The maximum Gasteiger partial charge on any atom is 0.262 e. The first-order valence-electron chi connectivity index (χ1n) is 6.26. The van der Waals surface area contributed by atoms with E-state index in [2.05, 4.69) is 5.32 Å². The summed E-state index contributed by atoms with van der Waals surface area (Å²) in [6.45, 7) is -0.317. The summed E-state index contributed by atoms with van der Waals surface area (Å²) in [7, 11) is 0. The number of ether oxygens (including phenoxy) is 1. The smallest absolute Gasteiger partial charge is 0.262 e. The molecule has 0 atom stereocenters. The van der Waals surface area contributed by atoms with Crippen molar-refractivity contribution in [2.75, 3.05) is 17.7 Å². The first-order chi connectivity index (χ1) is 10.1. The van der Waals surface area contributed by atoms with Crippen LogP contribution in [0, 0.1) is 5.82 Å². The molecule has 4 N–H and O–H groups in total. The maximum absolute atomic E-state index is 13.4. The summed E-state index contributed by atoms with van der Waals surface area (Å²) in [6.07, 6.45) is 0. The summed E-state index contributed by atoms with van der Waals surface area (Å²) in [5.41, 5.74) is 6.64. The van der Waals surface area contributed by atoms with Crippen LogP contribution in [0.1, 0.15) is 5.56 Å². The van der Waals surface area contributed by atoms with Crippen LogP contribution >= 0.6 is 0 Å². The maximum atomic E-state index is 13.4. The Morgan fingerprint density at radius 1 is 1.24 bits per heavy atom. The highest BCUT2D eigenvalue weighted by molar-refractivity contribution is 5.92. The lowest BCUT2D eigenvalue weighted by atomic mass is 10.2. The molecule has 5 nitrogen and oxygen atoms in total. The van der Waals surface area contributed by atoms with Crippen molar-refractivity contribution in [3.05, 3.63) is 53.8 Å². The molecule has 0 aliphatic rings. The van der Waals surface area contributed by atoms with Crippen molar-refractivity contribution < 1.29 is 19.0 Å². The fraction of sp³-hybridized carbons (Fsp3) is 0.133. The molecule has 0 bridgehead atoms. The van der Waals surface area contributed by atoms with Crippen LogP contribution in [0.15, 0.2) is 42.5 Å². The fourth-order valence-corrected chi connectivity index (χ4v) is 1.66. The highest BCUT2D eigenvalue weighted by Gasteiger charge is 2.08. The van der Waals surface area contributed by atoms with Gasteiger partial charge >= 0.3 is 0 Å². The molecule has 2 aromatic carbocycles. The summed E-state index contributed by atoms with van der Waals surface area (Å²) in [5.74, 6) is -0.578. The van der Waals surface area contributed by atoms with Gasteiger partial charge in [-0.15, -0.1) is 0 Å². The molecular weight excluding hydrogens is 275 g/mol. The average molecular weight is 290 g/mol. The van der Waals surface area contributed by atoms with Gasteiger partial charge in [-0.05, 0) is 35.9 Å². The number of rotatable bonds is 5. The third-order valence-electron chi connectivity index (χ3n) is 2.74. The number of benzene rings is 2. The Morgan fingerprint density at radius 2 is 1.95 bits per heavy atom. The van der Waals surface area contributed by atoms with Crippen molar-refractivity contribution in [2.24, 2.45) is 0 Å². The quantitative estimate of drug-likeness (QED) is 0.734. The number of carbonyl (C=O) groups excluding carboxylic acids is 1. The summed E-state index contributed by atoms with van der Waals surface area (Å²) in [4.78, 5) is 11.7. The third kappa shape index (κ3) is 4.19. The molecule has 0 saturated heterocycles. The summed E-state index contributed by atoms with van der Waals surface area (Å²) < 4.78 is 18.7. The third-order valence-corrected chi connectivity index (χ3v) is 2.74. The summed E-state index contributed by atoms with van der Waals surface area (Å²) in [5, 5.41) is 11.3. The predicted octanol–water partition coefficient (Wildman–Crippen LogP) is 1.92. The zero-order valence-electron chi connectivity index (χ0n) is 11.2. The van der Waals surface area contributed by atoms with Crippen molar-refractivity contribution in [1.29, 1.82) is 0 Å². The number of aliphatic hydroxyl groups is 1. The Morgan fingerprint density at radius 3 is 2.62 bits per heavy atom. The van der Waals surface area contributed by atoms with E-state index < -0.39 is 11.7 Å². The van der Waals surface area contributed by atoms with Crippen LogP contribution in [-0.4, -0.2) is 17.6 Å². The lowest BCUT2D eigenvalue weighted by molar-refractivity contribution is -0.118. The number of amides is 1. The number of nitrogens with one attached hydrogen (secondary N) is 1. The highest BCUT2D eigenvalue weighted by Crippen LogP contribution is 2.17. The average Bonchev–Trinajstić information content (AvgIpc) is 2.49. The van der Waals surface area contributed by atoms with Gasteiger partial charge in [0.05, 0.1) is 12.3 Å². The van der Waals surface area contributed by atoms with Crippen molar-refractivity contribution in [3.63, 3.8) is 0 Å². The molecule has 0 heterocycles. The fourth-order valence-electron chi connectivity index (χ4n) is 1.66. The van der Waals surface area contributed by atoms with E-state index in [0.717, 1.165) is 5.56 Å². The van der Waals surface area contributed by atoms with Gasteiger partial charge in [0.2, 0.25) is 0 Å². The van der Waals surface area contributed by atoms with Crippen LogP contribution in [0.5, 0.6) is 5.75 Å². The van der Waals surface area contributed by atoms with Crippen molar-refractivity contribution in [2.45, 2.75) is 6.61 Å². The monoisotopic (exact) mass is 290 g/mol. The van der Waals surface area contributed by atoms with Gasteiger partial charge in [0.15, 0.2) is 6.61 Å². The lowest BCUT2D eigenvalue weighted by Crippen LogP contribution is -2.20. The second kappa shape index (κ2) is 6.71. The Balaban J connectivity index is 1.91. The van der Waals surface area contributed by atoms with E-state index in [-0.39, 0.29) is 18.9 Å². The van der Waals surface area contributed by atoms with E-state index in [1.165, 1.54) is 18.2 Å². The number of nitrogen functional groups attached to an aromatic ring is 1. The normalized spacial score (nSPS) is 10.2. The number of carbonyl (C=O) groups is 1. The first kappa shape index (κ1) is 14.8. The molecule has 110 valence electrons. The minimum Gasteiger partial charge on any atom is -0.484 e. The first-order valence-corrected chi connectivity index (χ1v) is 6.26. The summed E-state index contributed by atoms with van der Waals surface area (Å²) >= 11 is 0. The van der Waals surface area contributed by atoms with Gasteiger partial charge in [-0.25, -0.2) is 4.39 Å². The van der Waals surface area contributed by atoms with E-state index >= 15 is 0 Å². The van der Waals surface area contributed by atoms with Crippen LogP contribution in [-0.2, 0) is 11.4 Å². The topological polar surface area (TPSA) is 84.6 Å². The zero-order valence-corrected chi connectivity index (χ0v) is 11.2. The molecule has 0 radical (unpaired) electrons. The SMILES string of the molecule is Nc1ccc(F)c(NC(=O)COc2ccc(CO)cc2)c1. The van der Waals surface area contributed by atoms with Crippen LogP contribution in [0.25, 0.3) is 0 Å². The number of aliphatic hydroxyl groups excluding tert-OH is 1. The van der Waals surface area contributed by atoms with Crippen molar-refractivity contribution >= 4 is 17.3 Å². The standard InChI is InChI=1S/C15H15FN2O3/c16-13-6-3-11(17)7-14(13)18-15(20)9-21-12-4-1-10(8-19)2-5-12/h1-7,19H,8-9,17H2,(H,18,20). The molecule has 0 aromatic heterocycles. The number of anilines is 2. The molecule has 6 heteroatoms. The Bertz CT molecular complexity index is 629. The van der Waals surface area contributed by atoms with Crippen LogP contribution in [0.4, 0.5) is 15.8 Å². The van der Waals surface area contributed by atoms with Gasteiger partial charge in [-0.2, -0.15) is 0 Å². The minimum absolute atomic E-state index is 0.0132. The lowest BCUT2D eigenvalue weighted by Gasteiger charge is -2.09. The van der Waals surface area contributed by atoms with Crippen molar-refractivity contribution in [3.8, 4) is 5.75 Å². The molecule has 2 rings (SSSR count). The number of hydrogen-bond donors (Lipinski definition) is 3. The second-order valence-corrected chi connectivity index (χ2v) is 4.38. The Hall–Kier alpha value is -2.60. The number of nitrogens with two attached hydrogens (primary N) is 1. The van der Waals surface area contributed by atoms with Gasteiger partial charge < -0.3 is 20.9 Å². The van der Waals surface area contributed by atoms with Crippen LogP contribution in [0.3, 0.4) is 0 Å². The van der Waals surface area contributed by atoms with Gasteiger partial charge in [0, 0.05) is 5.69 Å². The highest BCUT2D eigenvalue weighted by atomic mass is 19.1. The molecule has 1 amide bonds. The molecular formula is C15H15FN2O3. The van der Waals surface area contributed by atoms with E-state index in [4.69, 9.17) is 15.6 Å². The van der Waals surface area contributed by atoms with Gasteiger partial charge in [0.1, 0.15) is 11.6 Å². The van der Waals surface area contributed by atoms with E-state index in [1.54, 1.807) is 24.3 Å². The number of halogens is 1. The predicted molar refractivity (Wildman–Crippen MR) is 77.3 cm³/mol. The molecule has 2 aromatic rings. The molecule has 21 heavy (non-hydrogen) atoms. The second-order valence-electron chi connectivity index (χ2n) is 4.38. The minimum atomic E-state index is -0.565.